The topological polar surface area (TPSA) is 74.7 Å². The minimum atomic E-state index is -3.84. The lowest BCUT2D eigenvalue weighted by Crippen LogP contribution is -2.41. The summed E-state index contributed by atoms with van der Waals surface area (Å²) < 4.78 is 51.8. The van der Waals surface area contributed by atoms with Crippen LogP contribution in [0.25, 0.3) is 0 Å². The number of halogens is 2. The molecular weight excluding hydrogens is 280 g/mol. The summed E-state index contributed by atoms with van der Waals surface area (Å²) in [5.74, 6) is -5.85. The molecule has 0 aromatic carbocycles. The molecule has 0 heterocycles. The summed E-state index contributed by atoms with van der Waals surface area (Å²) in [7, 11) is -2.62. The van der Waals surface area contributed by atoms with Crippen molar-refractivity contribution in [3.8, 4) is 0 Å². The predicted octanol–water partition coefficient (Wildman–Crippen LogP) is 1.55. The maximum Gasteiger partial charge on any atom is 0.304 e. The number of nitrogens with zero attached hydrogens (tertiary/aromatic N) is 1. The van der Waals surface area contributed by atoms with Gasteiger partial charge in [-0.05, 0) is 12.8 Å². The number of aliphatic carboxylic acids is 1. The second-order valence-electron chi connectivity index (χ2n) is 4.95. The first-order valence-electron chi connectivity index (χ1n) is 6.19. The van der Waals surface area contributed by atoms with Gasteiger partial charge in [0.25, 0.3) is 5.92 Å². The lowest BCUT2D eigenvalue weighted by atomic mass is 9.87. The molecular formula is C11H19F2NO4S. The molecule has 0 saturated heterocycles. The van der Waals surface area contributed by atoms with Crippen molar-refractivity contribution in [3.05, 3.63) is 0 Å². The van der Waals surface area contributed by atoms with E-state index < -0.39 is 33.6 Å². The number of hydrogen-bond donors (Lipinski definition) is 1. The molecule has 0 amide bonds. The molecule has 1 atom stereocenters. The van der Waals surface area contributed by atoms with Gasteiger partial charge in [0.1, 0.15) is 0 Å². The average Bonchev–Trinajstić information content (AvgIpc) is 2.28. The van der Waals surface area contributed by atoms with Gasteiger partial charge in [0.2, 0.25) is 10.0 Å². The molecule has 1 aliphatic rings. The molecule has 1 rings (SSSR count). The minimum absolute atomic E-state index is 0.193. The van der Waals surface area contributed by atoms with Crippen molar-refractivity contribution in [1.82, 2.24) is 4.31 Å². The maximum atomic E-state index is 13.6. The van der Waals surface area contributed by atoms with Crippen LogP contribution >= 0.6 is 0 Å². The van der Waals surface area contributed by atoms with Crippen molar-refractivity contribution in [2.24, 2.45) is 5.92 Å². The van der Waals surface area contributed by atoms with E-state index >= 15 is 0 Å². The van der Waals surface area contributed by atoms with Crippen molar-refractivity contribution in [3.63, 3.8) is 0 Å². The molecule has 1 unspecified atom stereocenters. The third kappa shape index (κ3) is 4.68. The number of hydrogen-bond acceptors (Lipinski definition) is 3. The highest BCUT2D eigenvalue weighted by Crippen LogP contribution is 2.39. The molecule has 1 aliphatic carbocycles. The molecule has 0 radical (unpaired) electrons. The van der Waals surface area contributed by atoms with Gasteiger partial charge in [-0.2, -0.15) is 0 Å². The number of sulfonamides is 1. The summed E-state index contributed by atoms with van der Waals surface area (Å²) in [6.07, 6.45) is 0.606. The number of carbonyl (C=O) groups is 1. The van der Waals surface area contributed by atoms with Crippen LogP contribution in [0.2, 0.25) is 0 Å². The Morgan fingerprint density at radius 2 is 2.05 bits per heavy atom. The van der Waals surface area contributed by atoms with Crippen LogP contribution in [-0.4, -0.2) is 49.1 Å². The van der Waals surface area contributed by atoms with Gasteiger partial charge in [0.15, 0.2) is 0 Å². The predicted molar refractivity (Wildman–Crippen MR) is 65.6 cm³/mol. The van der Waals surface area contributed by atoms with E-state index in [2.05, 4.69) is 0 Å². The summed E-state index contributed by atoms with van der Waals surface area (Å²) in [6, 6.07) is 0. The van der Waals surface area contributed by atoms with Crippen LogP contribution in [0.5, 0.6) is 0 Å². The molecule has 19 heavy (non-hydrogen) atoms. The van der Waals surface area contributed by atoms with E-state index in [0.717, 1.165) is 4.31 Å². The SMILES string of the molecule is CN(CCC(=O)O)S(=O)(=O)CC1CCCCC1(F)F. The molecule has 1 saturated carbocycles. The summed E-state index contributed by atoms with van der Waals surface area (Å²) in [6.45, 7) is -0.198. The van der Waals surface area contributed by atoms with E-state index in [-0.39, 0.29) is 25.8 Å². The molecule has 112 valence electrons. The van der Waals surface area contributed by atoms with Crippen molar-refractivity contribution < 1.29 is 27.1 Å². The fourth-order valence-electron chi connectivity index (χ4n) is 2.15. The molecule has 1 N–H and O–H groups in total. The Bertz CT molecular complexity index is 424. The van der Waals surface area contributed by atoms with E-state index in [1.54, 1.807) is 0 Å². The molecule has 0 spiro atoms. The average molecular weight is 299 g/mol. The van der Waals surface area contributed by atoms with Crippen LogP contribution in [0.15, 0.2) is 0 Å². The first-order valence-corrected chi connectivity index (χ1v) is 7.80. The van der Waals surface area contributed by atoms with Crippen molar-refractivity contribution in [1.29, 1.82) is 0 Å². The van der Waals surface area contributed by atoms with Crippen LogP contribution < -0.4 is 0 Å². The highest BCUT2D eigenvalue weighted by atomic mass is 32.2. The minimum Gasteiger partial charge on any atom is -0.481 e. The number of carboxylic acids is 1. The monoisotopic (exact) mass is 299 g/mol. The normalized spacial score (nSPS) is 23.5. The second kappa shape index (κ2) is 6.13. The zero-order valence-electron chi connectivity index (χ0n) is 10.8. The first kappa shape index (κ1) is 16.3. The fourth-order valence-corrected chi connectivity index (χ4v) is 3.69. The highest BCUT2D eigenvalue weighted by molar-refractivity contribution is 7.89. The summed E-state index contributed by atoms with van der Waals surface area (Å²) >= 11 is 0. The largest absolute Gasteiger partial charge is 0.481 e. The Kier molecular flexibility index (Phi) is 5.26. The van der Waals surface area contributed by atoms with Crippen LogP contribution in [0.3, 0.4) is 0 Å². The number of alkyl halides is 2. The number of carboxylic acid groups (broad SMARTS) is 1. The fraction of sp³-hybridized carbons (Fsp3) is 0.909. The Hall–Kier alpha value is -0.760. The molecule has 0 aromatic heterocycles. The zero-order chi connectivity index (χ0) is 14.7. The zero-order valence-corrected chi connectivity index (χ0v) is 11.6. The molecule has 0 bridgehead atoms. The van der Waals surface area contributed by atoms with Gasteiger partial charge in [-0.15, -0.1) is 0 Å². The highest BCUT2D eigenvalue weighted by Gasteiger charge is 2.44. The van der Waals surface area contributed by atoms with Gasteiger partial charge in [-0.3, -0.25) is 4.79 Å². The van der Waals surface area contributed by atoms with Crippen molar-refractivity contribution in [2.45, 2.75) is 38.0 Å². The van der Waals surface area contributed by atoms with Gasteiger partial charge >= 0.3 is 5.97 Å². The summed E-state index contributed by atoms with van der Waals surface area (Å²) in [5.41, 5.74) is 0. The summed E-state index contributed by atoms with van der Waals surface area (Å²) in [4.78, 5) is 10.4. The second-order valence-corrected chi connectivity index (χ2v) is 7.07. The third-order valence-corrected chi connectivity index (χ3v) is 5.39. The van der Waals surface area contributed by atoms with E-state index in [1.807, 2.05) is 0 Å². The Balaban J connectivity index is 2.65. The standard InChI is InChI=1S/C11H19F2NO4S/c1-14(7-5-10(15)16)19(17,18)8-9-4-2-3-6-11(9,12)13/h9H,2-8H2,1H3,(H,15,16). The lowest BCUT2D eigenvalue weighted by molar-refractivity contribution is -0.137. The number of rotatable bonds is 6. The molecule has 1 fully saturated rings. The Morgan fingerprint density at radius 3 is 2.58 bits per heavy atom. The van der Waals surface area contributed by atoms with Crippen LogP contribution in [0.1, 0.15) is 32.1 Å². The maximum absolute atomic E-state index is 13.6. The molecule has 5 nitrogen and oxygen atoms in total. The smallest absolute Gasteiger partial charge is 0.304 e. The van der Waals surface area contributed by atoms with E-state index in [9.17, 15) is 22.0 Å². The van der Waals surface area contributed by atoms with Crippen LogP contribution in [-0.2, 0) is 14.8 Å². The van der Waals surface area contributed by atoms with Gasteiger partial charge in [0, 0.05) is 25.9 Å². The van der Waals surface area contributed by atoms with Gasteiger partial charge in [-0.25, -0.2) is 21.5 Å². The van der Waals surface area contributed by atoms with E-state index in [1.165, 1.54) is 7.05 Å². The van der Waals surface area contributed by atoms with Gasteiger partial charge in [-0.1, -0.05) is 6.42 Å². The Morgan fingerprint density at radius 1 is 1.42 bits per heavy atom. The van der Waals surface area contributed by atoms with E-state index in [0.29, 0.717) is 12.8 Å². The Labute approximate surface area is 111 Å². The molecule has 0 aliphatic heterocycles. The lowest BCUT2D eigenvalue weighted by Gasteiger charge is -2.32. The third-order valence-electron chi connectivity index (χ3n) is 3.44. The first-order chi connectivity index (χ1) is 8.65. The van der Waals surface area contributed by atoms with E-state index in [4.69, 9.17) is 5.11 Å². The van der Waals surface area contributed by atoms with Gasteiger partial charge in [0.05, 0.1) is 12.2 Å². The van der Waals surface area contributed by atoms with Crippen molar-refractivity contribution in [2.75, 3.05) is 19.3 Å². The van der Waals surface area contributed by atoms with Gasteiger partial charge < -0.3 is 5.11 Å². The quantitative estimate of drug-likeness (QED) is 0.807. The summed E-state index contributed by atoms with van der Waals surface area (Å²) in [5, 5.41) is 8.49. The van der Waals surface area contributed by atoms with Crippen LogP contribution in [0, 0.1) is 5.92 Å². The molecule has 8 heteroatoms. The van der Waals surface area contributed by atoms with Crippen molar-refractivity contribution >= 4 is 16.0 Å². The molecule has 0 aromatic rings. The van der Waals surface area contributed by atoms with Crippen LogP contribution in [0.4, 0.5) is 8.78 Å².